The number of carbonyl (C=O) groups excluding carboxylic acids is 1. The average molecular weight is 482 g/mol. The van der Waals surface area contributed by atoms with Crippen LogP contribution in [0.5, 0.6) is 5.75 Å². The van der Waals surface area contributed by atoms with Crippen LogP contribution in [0.15, 0.2) is 79.0 Å². The molecule has 1 aliphatic rings. The van der Waals surface area contributed by atoms with E-state index in [1.165, 1.54) is 5.56 Å². The van der Waals surface area contributed by atoms with Crippen LogP contribution < -0.4 is 10.1 Å². The Morgan fingerprint density at radius 1 is 0.972 bits per heavy atom. The van der Waals surface area contributed by atoms with Crippen molar-refractivity contribution < 1.29 is 9.53 Å². The zero-order valence-electron chi connectivity index (χ0n) is 20.7. The molecular formula is C29H31N5O2. The Kier molecular flexibility index (Phi) is 7.09. The molecule has 5 rings (SSSR count). The van der Waals surface area contributed by atoms with Gasteiger partial charge < -0.3 is 15.0 Å². The fourth-order valence-electron chi connectivity index (χ4n) is 4.40. The van der Waals surface area contributed by atoms with Crippen molar-refractivity contribution in [3.8, 4) is 16.9 Å². The standard InChI is InChI=1S/C29H31N5O2/c1-21-5-3-4-6-24(21)19-34-20-28(31-32-34)29(35)30-25-11-7-22(8-12-25)23-9-13-26(14-10-23)36-27-15-17-33(2)18-16-27/h3-14,20,27H,15-19H2,1-2H3,(H,30,35). The van der Waals surface area contributed by atoms with Gasteiger partial charge in [0.2, 0.25) is 0 Å². The van der Waals surface area contributed by atoms with E-state index in [1.54, 1.807) is 10.9 Å². The van der Waals surface area contributed by atoms with Gasteiger partial charge in [0.25, 0.3) is 5.91 Å². The second kappa shape index (κ2) is 10.7. The van der Waals surface area contributed by atoms with Gasteiger partial charge in [-0.2, -0.15) is 0 Å². The molecule has 184 valence electrons. The van der Waals surface area contributed by atoms with Crippen molar-refractivity contribution in [2.75, 3.05) is 25.5 Å². The van der Waals surface area contributed by atoms with E-state index >= 15 is 0 Å². The molecule has 1 aromatic heterocycles. The first kappa shape index (κ1) is 23.8. The lowest BCUT2D eigenvalue weighted by Gasteiger charge is -2.29. The molecule has 7 nitrogen and oxygen atoms in total. The molecule has 0 atom stereocenters. The summed E-state index contributed by atoms with van der Waals surface area (Å²) in [7, 11) is 2.15. The molecule has 1 N–H and O–H groups in total. The number of amides is 1. The first-order valence-corrected chi connectivity index (χ1v) is 12.4. The summed E-state index contributed by atoms with van der Waals surface area (Å²) in [6.07, 6.45) is 4.09. The van der Waals surface area contributed by atoms with Gasteiger partial charge in [0.15, 0.2) is 5.69 Å². The van der Waals surface area contributed by atoms with Gasteiger partial charge in [-0.15, -0.1) is 5.10 Å². The van der Waals surface area contributed by atoms with E-state index in [1.807, 2.05) is 48.5 Å². The highest BCUT2D eigenvalue weighted by molar-refractivity contribution is 6.02. The van der Waals surface area contributed by atoms with E-state index in [4.69, 9.17) is 4.74 Å². The molecule has 4 aromatic rings. The molecule has 7 heteroatoms. The quantitative estimate of drug-likeness (QED) is 0.401. The number of anilines is 1. The third-order valence-corrected chi connectivity index (χ3v) is 6.66. The molecule has 0 radical (unpaired) electrons. The number of ether oxygens (including phenoxy) is 1. The van der Waals surface area contributed by atoms with Crippen LogP contribution in [0.3, 0.4) is 0 Å². The third-order valence-electron chi connectivity index (χ3n) is 6.66. The molecule has 0 unspecified atom stereocenters. The minimum atomic E-state index is -0.283. The summed E-state index contributed by atoms with van der Waals surface area (Å²) in [6, 6.07) is 24.1. The molecule has 1 amide bonds. The van der Waals surface area contributed by atoms with Gasteiger partial charge in [-0.1, -0.05) is 53.7 Å². The Labute approximate surface area is 211 Å². The number of rotatable bonds is 7. The molecular weight excluding hydrogens is 450 g/mol. The van der Waals surface area contributed by atoms with E-state index in [2.05, 4.69) is 58.8 Å². The summed E-state index contributed by atoms with van der Waals surface area (Å²) < 4.78 is 7.83. The van der Waals surface area contributed by atoms with Crippen LogP contribution in [-0.4, -0.2) is 52.0 Å². The van der Waals surface area contributed by atoms with Crippen LogP contribution in [0.1, 0.15) is 34.5 Å². The maximum atomic E-state index is 12.7. The zero-order chi connectivity index (χ0) is 24.9. The summed E-state index contributed by atoms with van der Waals surface area (Å²) >= 11 is 0. The van der Waals surface area contributed by atoms with Gasteiger partial charge in [-0.3, -0.25) is 4.79 Å². The fourth-order valence-corrected chi connectivity index (χ4v) is 4.40. The Hall–Kier alpha value is -3.97. The normalized spacial score (nSPS) is 14.5. The number of piperidine rings is 1. The average Bonchev–Trinajstić information content (AvgIpc) is 3.37. The summed E-state index contributed by atoms with van der Waals surface area (Å²) in [5.74, 6) is 0.627. The molecule has 3 aromatic carbocycles. The number of aromatic nitrogens is 3. The van der Waals surface area contributed by atoms with Crippen molar-refractivity contribution in [2.45, 2.75) is 32.4 Å². The molecule has 0 saturated carbocycles. The van der Waals surface area contributed by atoms with Crippen LogP contribution in [0.25, 0.3) is 11.1 Å². The number of benzene rings is 3. The van der Waals surface area contributed by atoms with Crippen molar-refractivity contribution in [1.82, 2.24) is 19.9 Å². The van der Waals surface area contributed by atoms with Gasteiger partial charge >= 0.3 is 0 Å². The van der Waals surface area contributed by atoms with Crippen molar-refractivity contribution >= 4 is 11.6 Å². The highest BCUT2D eigenvalue weighted by Crippen LogP contribution is 2.26. The molecule has 1 fully saturated rings. The topological polar surface area (TPSA) is 72.3 Å². The van der Waals surface area contributed by atoms with E-state index in [-0.39, 0.29) is 11.6 Å². The van der Waals surface area contributed by atoms with E-state index in [0.29, 0.717) is 18.3 Å². The first-order valence-electron chi connectivity index (χ1n) is 12.4. The lowest BCUT2D eigenvalue weighted by atomic mass is 10.0. The monoisotopic (exact) mass is 481 g/mol. The summed E-state index contributed by atoms with van der Waals surface area (Å²) in [4.78, 5) is 15.0. The number of nitrogens with zero attached hydrogens (tertiary/aromatic N) is 4. The van der Waals surface area contributed by atoms with E-state index in [0.717, 1.165) is 48.4 Å². The number of hydrogen-bond acceptors (Lipinski definition) is 5. The minimum Gasteiger partial charge on any atom is -0.490 e. The Morgan fingerprint density at radius 2 is 1.64 bits per heavy atom. The fraction of sp³-hybridized carbons (Fsp3) is 0.276. The van der Waals surface area contributed by atoms with Crippen molar-refractivity contribution in [3.05, 3.63) is 95.8 Å². The van der Waals surface area contributed by atoms with Crippen LogP contribution in [0.4, 0.5) is 5.69 Å². The van der Waals surface area contributed by atoms with Crippen molar-refractivity contribution in [3.63, 3.8) is 0 Å². The second-order valence-electron chi connectivity index (χ2n) is 9.40. The summed E-state index contributed by atoms with van der Waals surface area (Å²) in [5, 5.41) is 11.1. The lowest BCUT2D eigenvalue weighted by Crippen LogP contribution is -2.35. The van der Waals surface area contributed by atoms with Gasteiger partial charge in [0.1, 0.15) is 11.9 Å². The first-order chi connectivity index (χ1) is 17.5. The van der Waals surface area contributed by atoms with Gasteiger partial charge in [-0.25, -0.2) is 4.68 Å². The van der Waals surface area contributed by atoms with Crippen LogP contribution in [0.2, 0.25) is 0 Å². The highest BCUT2D eigenvalue weighted by atomic mass is 16.5. The Bertz CT molecular complexity index is 1310. The number of aryl methyl sites for hydroxylation is 1. The third kappa shape index (κ3) is 5.80. The summed E-state index contributed by atoms with van der Waals surface area (Å²) in [5.41, 5.74) is 5.49. The minimum absolute atomic E-state index is 0.283. The van der Waals surface area contributed by atoms with Crippen LogP contribution in [0, 0.1) is 6.92 Å². The van der Waals surface area contributed by atoms with Crippen LogP contribution >= 0.6 is 0 Å². The largest absolute Gasteiger partial charge is 0.490 e. The number of likely N-dealkylation sites (tertiary alicyclic amines) is 1. The van der Waals surface area contributed by atoms with Crippen molar-refractivity contribution in [1.29, 1.82) is 0 Å². The Morgan fingerprint density at radius 3 is 2.33 bits per heavy atom. The van der Waals surface area contributed by atoms with Gasteiger partial charge in [0, 0.05) is 18.8 Å². The van der Waals surface area contributed by atoms with Crippen molar-refractivity contribution in [2.24, 2.45) is 0 Å². The Balaban J connectivity index is 1.17. The maximum Gasteiger partial charge on any atom is 0.277 e. The SMILES string of the molecule is Cc1ccccc1Cn1cc(C(=O)Nc2ccc(-c3ccc(OC4CCN(C)CC4)cc3)cc2)nn1. The molecule has 1 saturated heterocycles. The predicted octanol–water partition coefficient (Wildman–Crippen LogP) is 5.03. The van der Waals surface area contributed by atoms with Gasteiger partial charge in [0.05, 0.1) is 12.7 Å². The smallest absolute Gasteiger partial charge is 0.277 e. The molecule has 0 aliphatic carbocycles. The maximum absolute atomic E-state index is 12.7. The predicted molar refractivity (Wildman–Crippen MR) is 141 cm³/mol. The number of nitrogens with one attached hydrogen (secondary N) is 1. The highest BCUT2D eigenvalue weighted by Gasteiger charge is 2.18. The van der Waals surface area contributed by atoms with Gasteiger partial charge in [-0.05, 0) is 73.3 Å². The zero-order valence-corrected chi connectivity index (χ0v) is 20.7. The number of carbonyl (C=O) groups is 1. The number of hydrogen-bond donors (Lipinski definition) is 1. The molecule has 36 heavy (non-hydrogen) atoms. The molecule has 0 spiro atoms. The van der Waals surface area contributed by atoms with E-state index in [9.17, 15) is 4.79 Å². The molecule has 0 bridgehead atoms. The van der Waals surface area contributed by atoms with E-state index < -0.39 is 0 Å². The lowest BCUT2D eigenvalue weighted by molar-refractivity contribution is 0.102. The molecule has 1 aliphatic heterocycles. The molecule has 2 heterocycles. The van der Waals surface area contributed by atoms with Crippen LogP contribution in [-0.2, 0) is 6.54 Å². The second-order valence-corrected chi connectivity index (χ2v) is 9.40. The summed E-state index contributed by atoms with van der Waals surface area (Å²) in [6.45, 7) is 4.79.